The SMILES string of the molecule is Cc1cc(C)c(CNC(C)C)c(Oc2cc(C)[nH]n2)n1. The van der Waals surface area contributed by atoms with Crippen molar-refractivity contribution in [3.05, 3.63) is 34.6 Å². The third kappa shape index (κ3) is 3.57. The Hall–Kier alpha value is -1.88. The highest BCUT2D eigenvalue weighted by atomic mass is 16.5. The van der Waals surface area contributed by atoms with Crippen molar-refractivity contribution in [1.29, 1.82) is 0 Å². The van der Waals surface area contributed by atoms with Crippen LogP contribution in [-0.4, -0.2) is 21.2 Å². The Bertz CT molecular complexity index is 590. The molecule has 0 saturated heterocycles. The van der Waals surface area contributed by atoms with Crippen LogP contribution >= 0.6 is 0 Å². The molecule has 108 valence electrons. The zero-order chi connectivity index (χ0) is 14.7. The first-order valence-electron chi connectivity index (χ1n) is 6.86. The van der Waals surface area contributed by atoms with Gasteiger partial charge in [-0.05, 0) is 32.4 Å². The maximum absolute atomic E-state index is 5.83. The normalized spacial score (nSPS) is 11.1. The van der Waals surface area contributed by atoms with Gasteiger partial charge in [0.15, 0.2) is 0 Å². The van der Waals surface area contributed by atoms with Gasteiger partial charge in [-0.3, -0.25) is 5.10 Å². The van der Waals surface area contributed by atoms with E-state index in [1.807, 2.05) is 19.9 Å². The molecule has 2 N–H and O–H groups in total. The second-order valence-electron chi connectivity index (χ2n) is 5.39. The zero-order valence-electron chi connectivity index (χ0n) is 12.7. The summed E-state index contributed by atoms with van der Waals surface area (Å²) >= 11 is 0. The molecule has 5 heteroatoms. The van der Waals surface area contributed by atoms with E-state index in [4.69, 9.17) is 4.74 Å². The fourth-order valence-corrected chi connectivity index (χ4v) is 1.98. The quantitative estimate of drug-likeness (QED) is 0.879. The number of aromatic amines is 1. The van der Waals surface area contributed by atoms with Crippen molar-refractivity contribution in [1.82, 2.24) is 20.5 Å². The summed E-state index contributed by atoms with van der Waals surface area (Å²) in [7, 11) is 0. The zero-order valence-corrected chi connectivity index (χ0v) is 12.7. The van der Waals surface area contributed by atoms with Crippen LogP contribution in [-0.2, 0) is 6.54 Å². The van der Waals surface area contributed by atoms with Crippen molar-refractivity contribution in [3.63, 3.8) is 0 Å². The van der Waals surface area contributed by atoms with E-state index in [1.165, 1.54) is 5.56 Å². The molecule has 0 aromatic carbocycles. The van der Waals surface area contributed by atoms with Gasteiger partial charge < -0.3 is 10.1 Å². The van der Waals surface area contributed by atoms with Gasteiger partial charge in [0.05, 0.1) is 0 Å². The molecule has 0 unspecified atom stereocenters. The number of hydrogen-bond donors (Lipinski definition) is 2. The van der Waals surface area contributed by atoms with E-state index in [1.54, 1.807) is 0 Å². The van der Waals surface area contributed by atoms with Gasteiger partial charge in [0.25, 0.3) is 0 Å². The van der Waals surface area contributed by atoms with Crippen LogP contribution in [0.1, 0.15) is 36.4 Å². The number of nitrogens with one attached hydrogen (secondary N) is 2. The highest BCUT2D eigenvalue weighted by Gasteiger charge is 2.13. The molecule has 2 aromatic rings. The molecule has 0 fully saturated rings. The predicted octanol–water partition coefficient (Wildman–Crippen LogP) is 3.02. The molecule has 0 aliphatic carbocycles. The number of rotatable bonds is 5. The van der Waals surface area contributed by atoms with E-state index in [9.17, 15) is 0 Å². The van der Waals surface area contributed by atoms with Gasteiger partial charge in [-0.15, -0.1) is 5.10 Å². The monoisotopic (exact) mass is 274 g/mol. The largest absolute Gasteiger partial charge is 0.419 e. The minimum Gasteiger partial charge on any atom is -0.419 e. The standard InChI is InChI=1S/C15H22N4O/c1-9(2)16-8-13-10(3)6-11(4)17-15(13)20-14-7-12(5)18-19-14/h6-7,9,16H,8H2,1-5H3,(H,18,19). The second-order valence-corrected chi connectivity index (χ2v) is 5.39. The second kappa shape index (κ2) is 6.05. The Kier molecular flexibility index (Phi) is 4.39. The van der Waals surface area contributed by atoms with Crippen molar-refractivity contribution in [2.45, 2.75) is 47.2 Å². The lowest BCUT2D eigenvalue weighted by molar-refractivity contribution is 0.430. The van der Waals surface area contributed by atoms with Crippen molar-refractivity contribution in [2.75, 3.05) is 0 Å². The molecular weight excluding hydrogens is 252 g/mol. The van der Waals surface area contributed by atoms with Crippen LogP contribution in [0.25, 0.3) is 0 Å². The summed E-state index contributed by atoms with van der Waals surface area (Å²) in [5.41, 5.74) is 4.15. The van der Waals surface area contributed by atoms with Crippen molar-refractivity contribution < 1.29 is 4.74 Å². The smallest absolute Gasteiger partial charge is 0.240 e. The Morgan fingerprint density at radius 2 is 2.00 bits per heavy atom. The van der Waals surface area contributed by atoms with Crippen molar-refractivity contribution >= 4 is 0 Å². The topological polar surface area (TPSA) is 62.8 Å². The van der Waals surface area contributed by atoms with Crippen LogP contribution in [0, 0.1) is 20.8 Å². The third-order valence-corrected chi connectivity index (χ3v) is 3.01. The predicted molar refractivity (Wildman–Crippen MR) is 79.1 cm³/mol. The minimum atomic E-state index is 0.413. The van der Waals surface area contributed by atoms with E-state index in [-0.39, 0.29) is 0 Å². The van der Waals surface area contributed by atoms with Crippen LogP contribution in [0.15, 0.2) is 12.1 Å². The Balaban J connectivity index is 2.29. The Morgan fingerprint density at radius 3 is 2.60 bits per heavy atom. The highest BCUT2D eigenvalue weighted by molar-refractivity contribution is 5.37. The maximum Gasteiger partial charge on any atom is 0.240 e. The van der Waals surface area contributed by atoms with Gasteiger partial charge in [-0.1, -0.05) is 13.8 Å². The molecule has 0 aliphatic heterocycles. The van der Waals surface area contributed by atoms with E-state index in [0.717, 1.165) is 23.5 Å². The maximum atomic E-state index is 5.83. The summed E-state index contributed by atoms with van der Waals surface area (Å²) < 4.78 is 5.83. The Labute approximate surface area is 119 Å². The minimum absolute atomic E-state index is 0.413. The fraction of sp³-hybridized carbons (Fsp3) is 0.467. The molecule has 20 heavy (non-hydrogen) atoms. The molecule has 0 spiro atoms. The van der Waals surface area contributed by atoms with E-state index >= 15 is 0 Å². The van der Waals surface area contributed by atoms with Crippen LogP contribution < -0.4 is 10.1 Å². The molecule has 5 nitrogen and oxygen atoms in total. The van der Waals surface area contributed by atoms with Crippen LogP contribution in [0.2, 0.25) is 0 Å². The summed E-state index contributed by atoms with van der Waals surface area (Å²) in [5.74, 6) is 1.17. The molecule has 2 aromatic heterocycles. The first-order chi connectivity index (χ1) is 9.45. The summed E-state index contributed by atoms with van der Waals surface area (Å²) in [5, 5.41) is 10.4. The number of H-pyrrole nitrogens is 1. The van der Waals surface area contributed by atoms with Crippen LogP contribution in [0.5, 0.6) is 11.8 Å². The number of pyridine rings is 1. The van der Waals surface area contributed by atoms with Gasteiger partial charge in [0.1, 0.15) is 0 Å². The van der Waals surface area contributed by atoms with Gasteiger partial charge in [-0.2, -0.15) is 0 Å². The van der Waals surface area contributed by atoms with Crippen molar-refractivity contribution in [2.24, 2.45) is 0 Å². The number of aryl methyl sites for hydroxylation is 3. The molecule has 0 saturated carbocycles. The number of nitrogens with zero attached hydrogens (tertiary/aromatic N) is 2. The highest BCUT2D eigenvalue weighted by Crippen LogP contribution is 2.25. The first-order valence-corrected chi connectivity index (χ1v) is 6.86. The van der Waals surface area contributed by atoms with Gasteiger partial charge in [0.2, 0.25) is 11.8 Å². The molecular formula is C15H22N4O. The van der Waals surface area contributed by atoms with E-state index in [0.29, 0.717) is 17.8 Å². The summed E-state index contributed by atoms with van der Waals surface area (Å²) in [4.78, 5) is 4.50. The van der Waals surface area contributed by atoms with E-state index in [2.05, 4.69) is 47.3 Å². The summed E-state index contributed by atoms with van der Waals surface area (Å²) in [6.07, 6.45) is 0. The average Bonchev–Trinajstić information content (AvgIpc) is 2.73. The lowest BCUT2D eigenvalue weighted by Gasteiger charge is -2.14. The van der Waals surface area contributed by atoms with Gasteiger partial charge >= 0.3 is 0 Å². The van der Waals surface area contributed by atoms with Gasteiger partial charge in [-0.25, -0.2) is 4.98 Å². The fourth-order valence-electron chi connectivity index (χ4n) is 1.98. The molecule has 0 atom stereocenters. The van der Waals surface area contributed by atoms with Gasteiger partial charge in [0, 0.05) is 35.6 Å². The molecule has 2 heterocycles. The average molecular weight is 274 g/mol. The molecule has 0 amide bonds. The van der Waals surface area contributed by atoms with Crippen LogP contribution in [0.4, 0.5) is 0 Å². The molecule has 0 aliphatic rings. The third-order valence-electron chi connectivity index (χ3n) is 3.01. The van der Waals surface area contributed by atoms with Crippen molar-refractivity contribution in [3.8, 4) is 11.8 Å². The number of aromatic nitrogens is 3. The van der Waals surface area contributed by atoms with Crippen LogP contribution in [0.3, 0.4) is 0 Å². The molecule has 0 bridgehead atoms. The number of ether oxygens (including phenoxy) is 1. The molecule has 2 rings (SSSR count). The number of hydrogen-bond acceptors (Lipinski definition) is 4. The van der Waals surface area contributed by atoms with E-state index < -0.39 is 0 Å². The molecule has 0 radical (unpaired) electrons. The lowest BCUT2D eigenvalue weighted by atomic mass is 10.1. The first kappa shape index (κ1) is 14.5. The summed E-state index contributed by atoms with van der Waals surface area (Å²) in [6.45, 7) is 11.0. The Morgan fingerprint density at radius 1 is 1.25 bits per heavy atom. The lowest BCUT2D eigenvalue weighted by Crippen LogP contribution is -2.23. The summed E-state index contributed by atoms with van der Waals surface area (Å²) in [6, 6.07) is 4.34.